The third-order valence-corrected chi connectivity index (χ3v) is 4.21. The Morgan fingerprint density at radius 3 is 2.25 bits per heavy atom. The summed E-state index contributed by atoms with van der Waals surface area (Å²) >= 11 is 5.85. The molecule has 1 N–H and O–H groups in total. The van der Waals surface area contributed by atoms with Gasteiger partial charge >= 0.3 is 0 Å². The molecule has 128 valence electrons. The van der Waals surface area contributed by atoms with E-state index in [1.165, 1.54) is 0 Å². The molecule has 0 aromatic heterocycles. The predicted molar refractivity (Wildman–Crippen MR) is 96.4 cm³/mol. The lowest BCUT2D eigenvalue weighted by atomic mass is 9.84. The molecule has 24 heavy (non-hydrogen) atoms. The molecule has 2 aromatic rings. The molecule has 1 amide bonds. The normalized spacial score (nSPS) is 11.0. The highest BCUT2D eigenvalue weighted by molar-refractivity contribution is 6.30. The Balaban J connectivity index is 2.10. The average Bonchev–Trinajstić information content (AvgIpc) is 2.59. The highest BCUT2D eigenvalue weighted by Gasteiger charge is 2.23. The summed E-state index contributed by atoms with van der Waals surface area (Å²) in [6.45, 7) is 4.62. The van der Waals surface area contributed by atoms with E-state index in [4.69, 9.17) is 21.1 Å². The topological polar surface area (TPSA) is 47.6 Å². The zero-order valence-electron chi connectivity index (χ0n) is 14.4. The molecule has 0 unspecified atom stereocenters. The van der Waals surface area contributed by atoms with Crippen molar-refractivity contribution in [2.75, 3.05) is 20.8 Å². The van der Waals surface area contributed by atoms with E-state index >= 15 is 0 Å². The van der Waals surface area contributed by atoms with Crippen LogP contribution in [0.1, 0.15) is 29.8 Å². The minimum atomic E-state index is -0.262. The number of nitrogens with one attached hydrogen (secondary N) is 1. The molecule has 0 aliphatic rings. The van der Waals surface area contributed by atoms with Crippen LogP contribution in [0.2, 0.25) is 5.02 Å². The van der Waals surface area contributed by atoms with Gasteiger partial charge in [0.2, 0.25) is 0 Å². The number of carbonyl (C=O) groups is 1. The first-order valence-electron chi connectivity index (χ1n) is 7.63. The fraction of sp³-hybridized carbons (Fsp3) is 0.316. The Kier molecular flexibility index (Phi) is 5.73. The number of halogens is 1. The molecule has 0 spiro atoms. The number of carbonyl (C=O) groups excluding carboxylic acids is 1. The number of rotatable bonds is 6. The Morgan fingerprint density at radius 1 is 1.04 bits per heavy atom. The molecule has 5 heteroatoms. The van der Waals surface area contributed by atoms with E-state index in [0.717, 1.165) is 5.56 Å². The van der Waals surface area contributed by atoms with Gasteiger partial charge in [0.1, 0.15) is 0 Å². The van der Waals surface area contributed by atoms with Crippen molar-refractivity contribution in [3.8, 4) is 11.5 Å². The van der Waals surface area contributed by atoms with Crippen LogP contribution in [0, 0.1) is 0 Å². The molecule has 0 aliphatic carbocycles. The summed E-state index contributed by atoms with van der Waals surface area (Å²) in [4.78, 5) is 12.3. The smallest absolute Gasteiger partial charge is 0.251 e. The van der Waals surface area contributed by atoms with Gasteiger partial charge in [0.15, 0.2) is 11.5 Å². The summed E-state index contributed by atoms with van der Waals surface area (Å²) in [6.07, 6.45) is 0. The van der Waals surface area contributed by atoms with E-state index in [-0.39, 0.29) is 11.3 Å². The van der Waals surface area contributed by atoms with Crippen LogP contribution in [0.15, 0.2) is 42.5 Å². The zero-order valence-corrected chi connectivity index (χ0v) is 15.1. The molecule has 0 atom stereocenters. The van der Waals surface area contributed by atoms with Crippen LogP contribution in [0.25, 0.3) is 0 Å². The second kappa shape index (κ2) is 7.58. The SMILES string of the molecule is COc1ccc(C(C)(C)CNC(=O)c2ccc(Cl)cc2)cc1OC. The van der Waals surface area contributed by atoms with Gasteiger partial charge in [-0.05, 0) is 42.0 Å². The molecule has 2 aromatic carbocycles. The number of hydrogen-bond acceptors (Lipinski definition) is 3. The van der Waals surface area contributed by atoms with E-state index in [0.29, 0.717) is 28.6 Å². The summed E-state index contributed by atoms with van der Waals surface area (Å²) in [5.74, 6) is 1.23. The van der Waals surface area contributed by atoms with Crippen molar-refractivity contribution in [3.63, 3.8) is 0 Å². The number of hydrogen-bond donors (Lipinski definition) is 1. The minimum Gasteiger partial charge on any atom is -0.493 e. The lowest BCUT2D eigenvalue weighted by Crippen LogP contribution is -2.36. The summed E-state index contributed by atoms with van der Waals surface area (Å²) in [6, 6.07) is 12.6. The van der Waals surface area contributed by atoms with Gasteiger partial charge in [-0.25, -0.2) is 0 Å². The second-order valence-electron chi connectivity index (χ2n) is 6.14. The van der Waals surface area contributed by atoms with Gasteiger partial charge in [-0.15, -0.1) is 0 Å². The molecule has 0 heterocycles. The van der Waals surface area contributed by atoms with Gasteiger partial charge in [-0.3, -0.25) is 4.79 Å². The first-order valence-corrected chi connectivity index (χ1v) is 8.01. The molecule has 0 bridgehead atoms. The third-order valence-electron chi connectivity index (χ3n) is 3.96. The van der Waals surface area contributed by atoms with Crippen molar-refractivity contribution in [1.82, 2.24) is 5.32 Å². The predicted octanol–water partition coefficient (Wildman–Crippen LogP) is 4.06. The fourth-order valence-electron chi connectivity index (χ4n) is 2.36. The average molecular weight is 348 g/mol. The van der Waals surface area contributed by atoms with Gasteiger partial charge in [0.25, 0.3) is 5.91 Å². The van der Waals surface area contributed by atoms with Crippen LogP contribution >= 0.6 is 11.6 Å². The van der Waals surface area contributed by atoms with E-state index in [1.807, 2.05) is 18.2 Å². The van der Waals surface area contributed by atoms with E-state index in [9.17, 15) is 4.79 Å². The number of ether oxygens (including phenoxy) is 2. The first-order chi connectivity index (χ1) is 11.4. The van der Waals surface area contributed by atoms with Crippen LogP contribution < -0.4 is 14.8 Å². The number of amides is 1. The molecular formula is C19H22ClNO3. The van der Waals surface area contributed by atoms with Gasteiger partial charge in [-0.1, -0.05) is 31.5 Å². The van der Waals surface area contributed by atoms with Crippen molar-refractivity contribution in [2.45, 2.75) is 19.3 Å². The van der Waals surface area contributed by atoms with Crippen LogP contribution in [-0.4, -0.2) is 26.7 Å². The lowest BCUT2D eigenvalue weighted by Gasteiger charge is -2.26. The molecule has 0 aliphatic heterocycles. The molecule has 4 nitrogen and oxygen atoms in total. The second-order valence-corrected chi connectivity index (χ2v) is 6.58. The van der Waals surface area contributed by atoms with Crippen LogP contribution in [0.3, 0.4) is 0 Å². The monoisotopic (exact) mass is 347 g/mol. The molecule has 0 saturated heterocycles. The van der Waals surface area contributed by atoms with Crippen molar-refractivity contribution in [1.29, 1.82) is 0 Å². The number of benzene rings is 2. The van der Waals surface area contributed by atoms with Gasteiger partial charge in [0.05, 0.1) is 14.2 Å². The highest BCUT2D eigenvalue weighted by atomic mass is 35.5. The Bertz CT molecular complexity index is 711. The van der Waals surface area contributed by atoms with Crippen LogP contribution in [0.4, 0.5) is 0 Å². The Morgan fingerprint density at radius 2 is 1.67 bits per heavy atom. The molecule has 2 rings (SSSR count). The van der Waals surface area contributed by atoms with Gasteiger partial charge in [0, 0.05) is 22.5 Å². The molecular weight excluding hydrogens is 326 g/mol. The molecule has 0 radical (unpaired) electrons. The highest BCUT2D eigenvalue weighted by Crippen LogP contribution is 2.32. The largest absolute Gasteiger partial charge is 0.493 e. The quantitative estimate of drug-likeness (QED) is 0.857. The third kappa shape index (κ3) is 4.20. The maximum Gasteiger partial charge on any atom is 0.251 e. The standard InChI is InChI=1S/C19H22ClNO3/c1-19(2,14-7-10-16(23-3)17(11-14)24-4)12-21-18(22)13-5-8-15(20)9-6-13/h5-11H,12H2,1-4H3,(H,21,22). The van der Waals surface area contributed by atoms with Gasteiger partial charge in [-0.2, -0.15) is 0 Å². The maximum atomic E-state index is 12.3. The van der Waals surface area contributed by atoms with Crippen LogP contribution in [-0.2, 0) is 5.41 Å². The number of methoxy groups -OCH3 is 2. The minimum absolute atomic E-state index is 0.125. The van der Waals surface area contributed by atoms with Gasteiger partial charge < -0.3 is 14.8 Å². The molecule has 0 saturated carbocycles. The zero-order chi connectivity index (χ0) is 17.7. The summed E-state index contributed by atoms with van der Waals surface area (Å²) < 4.78 is 10.6. The summed E-state index contributed by atoms with van der Waals surface area (Å²) in [7, 11) is 3.21. The van der Waals surface area contributed by atoms with Crippen molar-refractivity contribution >= 4 is 17.5 Å². The Labute approximate surface area is 147 Å². The van der Waals surface area contributed by atoms with Crippen molar-refractivity contribution in [2.24, 2.45) is 0 Å². The first kappa shape index (κ1) is 18.1. The summed E-state index contributed by atoms with van der Waals surface area (Å²) in [5, 5.41) is 3.58. The van der Waals surface area contributed by atoms with Crippen molar-refractivity contribution < 1.29 is 14.3 Å². The Hall–Kier alpha value is -2.20. The van der Waals surface area contributed by atoms with E-state index in [1.54, 1.807) is 38.5 Å². The van der Waals surface area contributed by atoms with E-state index < -0.39 is 0 Å². The van der Waals surface area contributed by atoms with E-state index in [2.05, 4.69) is 19.2 Å². The maximum absolute atomic E-state index is 12.3. The summed E-state index contributed by atoms with van der Waals surface area (Å²) in [5.41, 5.74) is 1.38. The van der Waals surface area contributed by atoms with Crippen LogP contribution in [0.5, 0.6) is 11.5 Å². The van der Waals surface area contributed by atoms with Crippen molar-refractivity contribution in [3.05, 3.63) is 58.6 Å². The lowest BCUT2D eigenvalue weighted by molar-refractivity contribution is 0.0945. The fourth-order valence-corrected chi connectivity index (χ4v) is 2.49. The molecule has 0 fully saturated rings.